The Morgan fingerprint density at radius 3 is 2.21 bits per heavy atom. The Balaban J connectivity index is 2.13. The Morgan fingerprint density at radius 1 is 1.14 bits per heavy atom. The topological polar surface area (TPSA) is 9.72 Å². The Hall–Kier alpha value is -0.120. The van der Waals surface area contributed by atoms with E-state index in [1.165, 1.54) is 39.1 Å². The van der Waals surface area contributed by atoms with Gasteiger partial charge in [-0.2, -0.15) is 0 Å². The molecule has 1 saturated heterocycles. The molecule has 0 amide bonds. The predicted molar refractivity (Wildman–Crippen MR) is 61.7 cm³/mol. The van der Waals surface area contributed by atoms with Crippen molar-refractivity contribution in [3.8, 4) is 0 Å². The smallest absolute Gasteiger partial charge is 0.0110 e. The van der Waals surface area contributed by atoms with Crippen molar-refractivity contribution in [2.45, 2.75) is 19.4 Å². The van der Waals surface area contributed by atoms with E-state index in [1.807, 2.05) is 0 Å². The van der Waals surface area contributed by atoms with Crippen molar-refractivity contribution in [2.75, 3.05) is 53.9 Å². The second kappa shape index (κ2) is 5.69. The molecule has 0 aromatic heterocycles. The molecule has 3 heteroatoms. The summed E-state index contributed by atoms with van der Waals surface area (Å²) in [5.41, 5.74) is 0. The van der Waals surface area contributed by atoms with Crippen molar-refractivity contribution >= 4 is 0 Å². The van der Waals surface area contributed by atoms with Crippen LogP contribution in [0.3, 0.4) is 0 Å². The summed E-state index contributed by atoms with van der Waals surface area (Å²) in [6, 6.07) is 0.703. The quantitative estimate of drug-likeness (QED) is 0.655. The van der Waals surface area contributed by atoms with Gasteiger partial charge in [-0.05, 0) is 41.0 Å². The van der Waals surface area contributed by atoms with E-state index < -0.39 is 0 Å². The van der Waals surface area contributed by atoms with Crippen LogP contribution in [0.25, 0.3) is 0 Å². The van der Waals surface area contributed by atoms with Crippen molar-refractivity contribution in [2.24, 2.45) is 0 Å². The molecule has 0 aliphatic carbocycles. The van der Waals surface area contributed by atoms with Gasteiger partial charge in [0.1, 0.15) is 0 Å². The number of hydrogen-bond donors (Lipinski definition) is 0. The molecule has 0 bridgehead atoms. The van der Waals surface area contributed by atoms with Crippen LogP contribution in [0.5, 0.6) is 0 Å². The number of likely N-dealkylation sites (N-methyl/N-ethyl adjacent to an activating group) is 1. The van der Waals surface area contributed by atoms with E-state index in [-0.39, 0.29) is 0 Å². The SMILES string of the molecule is CC(CCN1CCN(C)CC1)N(C)C. The van der Waals surface area contributed by atoms with Gasteiger partial charge in [0.2, 0.25) is 0 Å². The van der Waals surface area contributed by atoms with Crippen molar-refractivity contribution in [3.63, 3.8) is 0 Å². The highest BCUT2D eigenvalue weighted by Crippen LogP contribution is 2.04. The maximum absolute atomic E-state index is 2.58. The highest BCUT2D eigenvalue weighted by atomic mass is 15.2. The number of hydrogen-bond acceptors (Lipinski definition) is 3. The monoisotopic (exact) mass is 199 g/mol. The highest BCUT2D eigenvalue weighted by Gasteiger charge is 2.14. The molecule has 0 saturated carbocycles. The third-order valence-corrected chi connectivity index (χ3v) is 3.34. The molecule has 14 heavy (non-hydrogen) atoms. The first-order valence-corrected chi connectivity index (χ1v) is 5.67. The van der Waals surface area contributed by atoms with Crippen LogP contribution in [-0.4, -0.2) is 74.6 Å². The van der Waals surface area contributed by atoms with Crippen molar-refractivity contribution < 1.29 is 0 Å². The van der Waals surface area contributed by atoms with Gasteiger partial charge in [0.05, 0.1) is 0 Å². The molecular weight excluding hydrogens is 174 g/mol. The number of piperazine rings is 1. The Morgan fingerprint density at radius 2 is 1.71 bits per heavy atom. The van der Waals surface area contributed by atoms with E-state index in [2.05, 4.69) is 42.8 Å². The lowest BCUT2D eigenvalue weighted by Crippen LogP contribution is -2.45. The van der Waals surface area contributed by atoms with Crippen molar-refractivity contribution in [1.82, 2.24) is 14.7 Å². The van der Waals surface area contributed by atoms with Crippen LogP contribution in [0.4, 0.5) is 0 Å². The van der Waals surface area contributed by atoms with Crippen LogP contribution < -0.4 is 0 Å². The van der Waals surface area contributed by atoms with Gasteiger partial charge in [0.15, 0.2) is 0 Å². The van der Waals surface area contributed by atoms with Gasteiger partial charge in [0.25, 0.3) is 0 Å². The van der Waals surface area contributed by atoms with Gasteiger partial charge in [-0.1, -0.05) is 0 Å². The molecule has 1 heterocycles. The summed E-state index contributed by atoms with van der Waals surface area (Å²) in [5, 5.41) is 0. The first kappa shape index (κ1) is 12.0. The third kappa shape index (κ3) is 3.95. The van der Waals surface area contributed by atoms with Crippen LogP contribution in [0.15, 0.2) is 0 Å². The lowest BCUT2D eigenvalue weighted by molar-refractivity contribution is 0.142. The zero-order valence-electron chi connectivity index (χ0n) is 10.2. The fourth-order valence-corrected chi connectivity index (χ4v) is 1.70. The first-order valence-electron chi connectivity index (χ1n) is 5.67. The lowest BCUT2D eigenvalue weighted by atomic mass is 10.2. The van der Waals surface area contributed by atoms with Gasteiger partial charge in [-0.15, -0.1) is 0 Å². The molecule has 0 N–H and O–H groups in total. The van der Waals surface area contributed by atoms with Crippen molar-refractivity contribution in [3.05, 3.63) is 0 Å². The summed E-state index contributed by atoms with van der Waals surface area (Å²) in [6.45, 7) is 8.52. The second-order valence-corrected chi connectivity index (χ2v) is 4.75. The largest absolute Gasteiger partial charge is 0.307 e. The second-order valence-electron chi connectivity index (χ2n) is 4.75. The minimum absolute atomic E-state index is 0.703. The van der Waals surface area contributed by atoms with Gasteiger partial charge in [0, 0.05) is 32.2 Å². The number of nitrogens with zero attached hydrogens (tertiary/aromatic N) is 3. The van der Waals surface area contributed by atoms with E-state index in [0.717, 1.165) is 0 Å². The fourth-order valence-electron chi connectivity index (χ4n) is 1.70. The van der Waals surface area contributed by atoms with Crippen LogP contribution in [0.2, 0.25) is 0 Å². The van der Waals surface area contributed by atoms with Gasteiger partial charge >= 0.3 is 0 Å². The van der Waals surface area contributed by atoms with Crippen LogP contribution >= 0.6 is 0 Å². The van der Waals surface area contributed by atoms with E-state index in [1.54, 1.807) is 0 Å². The molecule has 0 spiro atoms. The maximum atomic E-state index is 2.58. The van der Waals surface area contributed by atoms with Gasteiger partial charge in [-0.3, -0.25) is 0 Å². The van der Waals surface area contributed by atoms with Crippen LogP contribution in [0, 0.1) is 0 Å². The summed E-state index contributed by atoms with van der Waals surface area (Å²) in [6.07, 6.45) is 1.29. The number of rotatable bonds is 4. The summed E-state index contributed by atoms with van der Waals surface area (Å²) in [7, 11) is 6.53. The molecule has 1 fully saturated rings. The third-order valence-electron chi connectivity index (χ3n) is 3.34. The average molecular weight is 199 g/mol. The zero-order chi connectivity index (χ0) is 10.6. The first-order chi connectivity index (χ1) is 6.59. The molecule has 0 aromatic carbocycles. The Bertz CT molecular complexity index is 151. The molecule has 3 nitrogen and oxygen atoms in total. The van der Waals surface area contributed by atoms with E-state index in [0.29, 0.717) is 6.04 Å². The molecule has 84 valence electrons. The highest BCUT2D eigenvalue weighted by molar-refractivity contribution is 4.71. The Labute approximate surface area is 88.7 Å². The minimum Gasteiger partial charge on any atom is -0.307 e. The van der Waals surface area contributed by atoms with E-state index in [9.17, 15) is 0 Å². The molecule has 0 radical (unpaired) electrons. The lowest BCUT2D eigenvalue weighted by Gasteiger charge is -2.33. The summed E-state index contributed by atoms with van der Waals surface area (Å²) >= 11 is 0. The fraction of sp³-hybridized carbons (Fsp3) is 1.00. The normalized spacial score (nSPS) is 22.9. The van der Waals surface area contributed by atoms with Crippen LogP contribution in [-0.2, 0) is 0 Å². The van der Waals surface area contributed by atoms with E-state index in [4.69, 9.17) is 0 Å². The van der Waals surface area contributed by atoms with E-state index >= 15 is 0 Å². The average Bonchev–Trinajstić information content (AvgIpc) is 2.16. The summed E-state index contributed by atoms with van der Waals surface area (Å²) in [4.78, 5) is 7.29. The molecule has 1 atom stereocenters. The molecule has 0 aromatic rings. The molecule has 1 unspecified atom stereocenters. The zero-order valence-corrected chi connectivity index (χ0v) is 10.2. The van der Waals surface area contributed by atoms with Crippen molar-refractivity contribution in [1.29, 1.82) is 0 Å². The predicted octanol–water partition coefficient (Wildman–Crippen LogP) is 0.574. The molecule has 1 aliphatic heterocycles. The van der Waals surface area contributed by atoms with Gasteiger partial charge < -0.3 is 14.7 Å². The molecule has 1 aliphatic rings. The molecular formula is C11H25N3. The Kier molecular flexibility index (Phi) is 4.85. The van der Waals surface area contributed by atoms with Crippen LogP contribution in [0.1, 0.15) is 13.3 Å². The standard InChI is InChI=1S/C11H25N3/c1-11(12(2)3)5-6-14-9-7-13(4)8-10-14/h11H,5-10H2,1-4H3. The summed E-state index contributed by atoms with van der Waals surface area (Å²) < 4.78 is 0. The molecule has 1 rings (SSSR count). The minimum atomic E-state index is 0.703. The summed E-state index contributed by atoms with van der Waals surface area (Å²) in [5.74, 6) is 0. The van der Waals surface area contributed by atoms with Gasteiger partial charge in [-0.25, -0.2) is 0 Å². The maximum Gasteiger partial charge on any atom is 0.0110 e.